The number of benzene rings is 1. The maximum atomic E-state index is 5.47. The number of aryl methyl sites for hydroxylation is 1. The number of nitrogens with zero attached hydrogens (tertiary/aromatic N) is 1. The monoisotopic (exact) mass is 311 g/mol. The Labute approximate surface area is 118 Å². The third-order valence-corrected chi connectivity index (χ3v) is 4.57. The van der Waals surface area contributed by atoms with E-state index in [2.05, 4.69) is 52.9 Å². The van der Waals surface area contributed by atoms with Gasteiger partial charge in [-0.1, -0.05) is 22.0 Å². The molecule has 1 aromatic rings. The lowest BCUT2D eigenvalue weighted by molar-refractivity contribution is 0.0721. The Bertz CT molecular complexity index is 407. The second-order valence-electron chi connectivity index (χ2n) is 5.17. The zero-order valence-electron chi connectivity index (χ0n) is 11.4. The van der Waals surface area contributed by atoms with Crippen LogP contribution >= 0.6 is 15.9 Å². The first-order valence-electron chi connectivity index (χ1n) is 6.60. The summed E-state index contributed by atoms with van der Waals surface area (Å²) in [4.78, 5) is 2.50. The average Bonchev–Trinajstić information content (AvgIpc) is 2.38. The quantitative estimate of drug-likeness (QED) is 0.785. The van der Waals surface area contributed by atoms with E-state index in [1.165, 1.54) is 16.8 Å². The predicted octanol–water partition coefficient (Wildman–Crippen LogP) is 3.89. The van der Waals surface area contributed by atoms with Gasteiger partial charge in [0.25, 0.3) is 0 Å². The third kappa shape index (κ3) is 2.89. The zero-order chi connectivity index (χ0) is 13.1. The molecule has 18 heavy (non-hydrogen) atoms. The van der Waals surface area contributed by atoms with Gasteiger partial charge in [-0.3, -0.25) is 0 Å². The lowest BCUT2D eigenvalue weighted by Crippen LogP contribution is -2.43. The summed E-state index contributed by atoms with van der Waals surface area (Å²) < 4.78 is 5.47. The minimum Gasteiger partial charge on any atom is -0.381 e. The van der Waals surface area contributed by atoms with Gasteiger partial charge < -0.3 is 9.64 Å². The molecular formula is C15H22BrNO. The molecule has 0 saturated carbocycles. The Morgan fingerprint density at radius 2 is 2.22 bits per heavy atom. The van der Waals surface area contributed by atoms with Crippen LogP contribution in [0.1, 0.15) is 30.9 Å². The van der Waals surface area contributed by atoms with Gasteiger partial charge in [0.15, 0.2) is 0 Å². The molecule has 2 nitrogen and oxygen atoms in total. The highest BCUT2D eigenvalue weighted by Gasteiger charge is 2.25. The fourth-order valence-corrected chi connectivity index (χ4v) is 3.36. The van der Waals surface area contributed by atoms with Crippen molar-refractivity contribution in [2.45, 2.75) is 44.2 Å². The highest BCUT2D eigenvalue weighted by molar-refractivity contribution is 9.08. The van der Waals surface area contributed by atoms with Crippen molar-refractivity contribution >= 4 is 21.6 Å². The molecule has 0 radical (unpaired) electrons. The number of alkyl halides is 1. The van der Waals surface area contributed by atoms with E-state index in [4.69, 9.17) is 4.74 Å². The molecule has 2 atom stereocenters. The van der Waals surface area contributed by atoms with Gasteiger partial charge in [0.05, 0.1) is 6.10 Å². The summed E-state index contributed by atoms with van der Waals surface area (Å²) in [6, 6.07) is 7.33. The van der Waals surface area contributed by atoms with Crippen LogP contribution in [0.4, 0.5) is 5.69 Å². The number of methoxy groups -OCH3 is 1. The van der Waals surface area contributed by atoms with Gasteiger partial charge >= 0.3 is 0 Å². The van der Waals surface area contributed by atoms with E-state index < -0.39 is 0 Å². The van der Waals surface area contributed by atoms with Gasteiger partial charge in [-0.2, -0.15) is 0 Å². The largest absolute Gasteiger partial charge is 0.381 e. The molecule has 2 rings (SSSR count). The Kier molecular flexibility index (Phi) is 4.68. The van der Waals surface area contributed by atoms with Crippen LogP contribution in [-0.4, -0.2) is 25.8 Å². The van der Waals surface area contributed by atoms with Crippen molar-refractivity contribution in [1.82, 2.24) is 0 Å². The number of rotatable bonds is 3. The maximum absolute atomic E-state index is 5.47. The number of piperidine rings is 1. The van der Waals surface area contributed by atoms with Gasteiger partial charge in [-0.05, 0) is 49.9 Å². The molecule has 0 N–H and O–H groups in total. The van der Waals surface area contributed by atoms with E-state index >= 15 is 0 Å². The molecule has 1 fully saturated rings. The minimum atomic E-state index is 0.430. The fraction of sp³-hybridized carbons (Fsp3) is 0.600. The van der Waals surface area contributed by atoms with Gasteiger partial charge in [0.1, 0.15) is 0 Å². The summed E-state index contributed by atoms with van der Waals surface area (Å²) in [5.41, 5.74) is 4.09. The second-order valence-corrected chi connectivity index (χ2v) is 5.73. The molecule has 0 amide bonds. The van der Waals surface area contributed by atoms with Crippen molar-refractivity contribution in [2.75, 3.05) is 18.6 Å². The van der Waals surface area contributed by atoms with Gasteiger partial charge in [0, 0.05) is 30.7 Å². The van der Waals surface area contributed by atoms with E-state index in [0.29, 0.717) is 12.1 Å². The number of halogens is 1. The summed E-state index contributed by atoms with van der Waals surface area (Å²) in [6.45, 7) is 5.57. The first-order chi connectivity index (χ1) is 8.65. The zero-order valence-corrected chi connectivity index (χ0v) is 13.0. The van der Waals surface area contributed by atoms with Crippen molar-refractivity contribution in [1.29, 1.82) is 0 Å². The van der Waals surface area contributed by atoms with Gasteiger partial charge in [0.2, 0.25) is 0 Å². The average molecular weight is 312 g/mol. The third-order valence-electron chi connectivity index (χ3n) is 3.96. The number of hydrogen-bond acceptors (Lipinski definition) is 2. The number of anilines is 1. The lowest BCUT2D eigenvalue weighted by Gasteiger charge is -2.39. The molecule has 1 saturated heterocycles. The van der Waals surface area contributed by atoms with Crippen molar-refractivity contribution in [3.8, 4) is 0 Å². The normalized spacial score (nSPS) is 24.3. The van der Waals surface area contributed by atoms with E-state index in [1.54, 1.807) is 0 Å². The van der Waals surface area contributed by atoms with Gasteiger partial charge in [-0.25, -0.2) is 0 Å². The molecule has 1 aliphatic rings. The molecule has 0 spiro atoms. The highest BCUT2D eigenvalue weighted by Crippen LogP contribution is 2.28. The first kappa shape index (κ1) is 13.9. The summed E-state index contributed by atoms with van der Waals surface area (Å²) in [7, 11) is 1.82. The fourth-order valence-electron chi connectivity index (χ4n) is 2.74. The topological polar surface area (TPSA) is 12.5 Å². The molecule has 2 unspecified atom stereocenters. The predicted molar refractivity (Wildman–Crippen MR) is 80.6 cm³/mol. The first-order valence-corrected chi connectivity index (χ1v) is 7.72. The highest BCUT2D eigenvalue weighted by atomic mass is 79.9. The van der Waals surface area contributed by atoms with Crippen LogP contribution in [0.3, 0.4) is 0 Å². The minimum absolute atomic E-state index is 0.430. The van der Waals surface area contributed by atoms with Crippen molar-refractivity contribution in [2.24, 2.45) is 0 Å². The van der Waals surface area contributed by atoms with Crippen LogP contribution in [-0.2, 0) is 10.1 Å². The molecule has 0 bridgehead atoms. The smallest absolute Gasteiger partial charge is 0.0607 e. The van der Waals surface area contributed by atoms with E-state index in [9.17, 15) is 0 Å². The van der Waals surface area contributed by atoms with E-state index in [0.717, 1.165) is 24.7 Å². The maximum Gasteiger partial charge on any atom is 0.0607 e. The van der Waals surface area contributed by atoms with Gasteiger partial charge in [-0.15, -0.1) is 0 Å². The van der Waals surface area contributed by atoms with Crippen LogP contribution in [0.25, 0.3) is 0 Å². The molecule has 100 valence electrons. The molecule has 1 aromatic carbocycles. The van der Waals surface area contributed by atoms with E-state index in [1.807, 2.05) is 7.11 Å². The van der Waals surface area contributed by atoms with Crippen LogP contribution < -0.4 is 4.90 Å². The van der Waals surface area contributed by atoms with Crippen molar-refractivity contribution < 1.29 is 4.74 Å². The molecular weight excluding hydrogens is 290 g/mol. The van der Waals surface area contributed by atoms with Crippen molar-refractivity contribution in [3.05, 3.63) is 29.3 Å². The molecule has 0 aliphatic carbocycles. The summed E-state index contributed by atoms with van der Waals surface area (Å²) >= 11 is 3.53. The molecule has 0 aromatic heterocycles. The number of hydrogen-bond donors (Lipinski definition) is 0. The Hall–Kier alpha value is -0.540. The summed E-state index contributed by atoms with van der Waals surface area (Å²) in [5, 5.41) is 0.931. The molecule has 1 heterocycles. The summed E-state index contributed by atoms with van der Waals surface area (Å²) in [6.07, 6.45) is 2.68. The van der Waals surface area contributed by atoms with Crippen LogP contribution in [0.15, 0.2) is 18.2 Å². The van der Waals surface area contributed by atoms with Crippen LogP contribution in [0.2, 0.25) is 0 Å². The Morgan fingerprint density at radius 1 is 1.44 bits per heavy atom. The lowest BCUT2D eigenvalue weighted by atomic mass is 9.99. The standard InChI is InChI=1S/C15H22BrNO/c1-11-8-14(5-4-13(11)10-16)17-7-6-15(18-3)9-12(17)2/h4-5,8,12,15H,6-7,9-10H2,1-3H3. The van der Waals surface area contributed by atoms with Crippen LogP contribution in [0.5, 0.6) is 0 Å². The summed E-state index contributed by atoms with van der Waals surface area (Å²) in [5.74, 6) is 0. The molecule has 3 heteroatoms. The van der Waals surface area contributed by atoms with E-state index in [-0.39, 0.29) is 0 Å². The van der Waals surface area contributed by atoms with Crippen molar-refractivity contribution in [3.63, 3.8) is 0 Å². The Morgan fingerprint density at radius 3 is 2.78 bits per heavy atom. The van der Waals surface area contributed by atoms with Crippen LogP contribution in [0, 0.1) is 6.92 Å². The SMILES string of the molecule is COC1CCN(c2ccc(CBr)c(C)c2)C(C)C1. The Balaban J connectivity index is 2.14. The second kappa shape index (κ2) is 6.07. The number of ether oxygens (including phenoxy) is 1. The molecule has 1 aliphatic heterocycles.